The van der Waals surface area contributed by atoms with E-state index >= 15 is 0 Å². The lowest BCUT2D eigenvalue weighted by molar-refractivity contribution is -0.136. The first-order chi connectivity index (χ1) is 28.5. The number of benzene rings is 3. The van der Waals surface area contributed by atoms with Crippen LogP contribution in [0.25, 0.3) is 44.4 Å². The number of rotatable bonds is 7. The second-order valence-electron chi connectivity index (χ2n) is 17.4. The van der Waals surface area contributed by atoms with Gasteiger partial charge in [0.2, 0.25) is 5.91 Å². The normalized spacial score (nSPS) is 20.0. The number of methoxy groups -OCH3 is 1. The first-order valence-electron chi connectivity index (χ1n) is 21.1. The largest absolute Gasteiger partial charge is 0.453 e. The van der Waals surface area contributed by atoms with Crippen LogP contribution in [-0.4, -0.2) is 92.9 Å². The number of hydrogen-bond acceptors (Lipinski definition) is 8. The van der Waals surface area contributed by atoms with Crippen molar-refractivity contribution in [3.8, 4) is 33.6 Å². The van der Waals surface area contributed by atoms with Crippen LogP contribution in [0.5, 0.6) is 0 Å². The van der Waals surface area contributed by atoms with Crippen molar-refractivity contribution in [1.82, 2.24) is 35.1 Å². The van der Waals surface area contributed by atoms with Gasteiger partial charge >= 0.3 is 12.2 Å². The molecule has 0 bridgehead atoms. The highest BCUT2D eigenvalue weighted by Crippen LogP contribution is 2.40. The molecule has 3 N–H and O–H groups in total. The molecule has 4 aliphatic rings. The predicted octanol–water partition coefficient (Wildman–Crippen LogP) is 8.27. The minimum Gasteiger partial charge on any atom is -0.453 e. The Balaban J connectivity index is 0.911. The summed E-state index contributed by atoms with van der Waals surface area (Å²) in [6, 6.07) is 18.7. The average Bonchev–Trinajstić information content (AvgIpc) is 4.08. The van der Waals surface area contributed by atoms with E-state index in [-0.39, 0.29) is 30.0 Å². The van der Waals surface area contributed by atoms with Gasteiger partial charge in [0.05, 0.1) is 42.5 Å². The molecule has 3 atom stereocenters. The van der Waals surface area contributed by atoms with Crippen molar-refractivity contribution in [3.05, 3.63) is 83.7 Å². The van der Waals surface area contributed by atoms with Crippen LogP contribution in [0.2, 0.25) is 0 Å². The molecular weight excluding hydrogens is 747 g/mol. The number of aromatic amines is 2. The molecule has 3 aliphatic heterocycles. The second kappa shape index (κ2) is 15.8. The monoisotopic (exact) mass is 799 g/mol. The molecule has 5 heterocycles. The molecule has 13 heteroatoms. The van der Waals surface area contributed by atoms with Gasteiger partial charge in [-0.3, -0.25) is 9.69 Å². The Labute approximate surface area is 344 Å². The molecule has 0 radical (unpaired) electrons. The fourth-order valence-electron chi connectivity index (χ4n) is 9.41. The second-order valence-corrected chi connectivity index (χ2v) is 17.4. The molecule has 2 aromatic heterocycles. The Bertz CT molecular complexity index is 2390. The Morgan fingerprint density at radius 2 is 1.51 bits per heavy atom. The van der Waals surface area contributed by atoms with Gasteiger partial charge in [-0.2, -0.15) is 0 Å². The summed E-state index contributed by atoms with van der Waals surface area (Å²) in [7, 11) is 1.32. The molecule has 3 amide bonds. The zero-order valence-corrected chi connectivity index (χ0v) is 34.3. The quantitative estimate of drug-likeness (QED) is 0.149. The van der Waals surface area contributed by atoms with Gasteiger partial charge in [-0.25, -0.2) is 19.6 Å². The highest BCUT2D eigenvalue weighted by atomic mass is 16.6. The number of aryl methyl sites for hydroxylation is 2. The van der Waals surface area contributed by atoms with Crippen LogP contribution in [-0.2, 0) is 31.8 Å². The van der Waals surface area contributed by atoms with Crippen LogP contribution in [0, 0.1) is 5.92 Å². The number of ether oxygens (including phenoxy) is 3. The van der Waals surface area contributed by atoms with E-state index < -0.39 is 17.7 Å². The molecule has 0 spiro atoms. The van der Waals surface area contributed by atoms with E-state index in [2.05, 4.69) is 69.9 Å². The molecule has 13 nitrogen and oxygen atoms in total. The summed E-state index contributed by atoms with van der Waals surface area (Å²) in [6.07, 6.45) is 7.50. The number of alkyl carbamates (subject to hydrolysis) is 1. The van der Waals surface area contributed by atoms with Crippen molar-refractivity contribution in [2.75, 3.05) is 33.4 Å². The lowest BCUT2D eigenvalue weighted by atomic mass is 9.89. The van der Waals surface area contributed by atoms with Crippen molar-refractivity contribution < 1.29 is 28.6 Å². The number of likely N-dealkylation sites (tertiary alicyclic amines) is 2. The highest BCUT2D eigenvalue weighted by Gasteiger charge is 2.41. The zero-order valence-electron chi connectivity index (χ0n) is 34.3. The molecule has 3 fully saturated rings. The lowest BCUT2D eigenvalue weighted by Crippen LogP contribution is -2.53. The fourth-order valence-corrected chi connectivity index (χ4v) is 9.41. The van der Waals surface area contributed by atoms with Crippen molar-refractivity contribution in [2.24, 2.45) is 5.92 Å². The van der Waals surface area contributed by atoms with E-state index in [0.717, 1.165) is 100 Å². The van der Waals surface area contributed by atoms with Gasteiger partial charge in [0.25, 0.3) is 0 Å². The zero-order chi connectivity index (χ0) is 40.8. The van der Waals surface area contributed by atoms with Gasteiger partial charge in [0, 0.05) is 37.4 Å². The van der Waals surface area contributed by atoms with E-state index in [1.165, 1.54) is 12.7 Å². The Kier molecular flexibility index (Phi) is 10.4. The first kappa shape index (κ1) is 38.8. The minimum absolute atomic E-state index is 0.0129. The molecule has 9 rings (SSSR count). The smallest absolute Gasteiger partial charge is 0.410 e. The number of imidazole rings is 2. The summed E-state index contributed by atoms with van der Waals surface area (Å²) in [5.41, 5.74) is 8.19. The highest BCUT2D eigenvalue weighted by molar-refractivity contribution is 5.91. The number of hydrogen-bond donors (Lipinski definition) is 3. The molecule has 59 heavy (non-hydrogen) atoms. The van der Waals surface area contributed by atoms with Gasteiger partial charge in [0.15, 0.2) is 0 Å². The first-order valence-corrected chi connectivity index (χ1v) is 21.1. The predicted molar refractivity (Wildman–Crippen MR) is 223 cm³/mol. The van der Waals surface area contributed by atoms with E-state index in [4.69, 9.17) is 24.2 Å². The van der Waals surface area contributed by atoms with Crippen LogP contribution in [0.4, 0.5) is 9.59 Å². The van der Waals surface area contributed by atoms with Gasteiger partial charge in [-0.05, 0) is 118 Å². The van der Waals surface area contributed by atoms with E-state index in [1.807, 2.05) is 31.9 Å². The fraction of sp³-hybridized carbons (Fsp3) is 0.457. The maximum Gasteiger partial charge on any atom is 0.410 e. The Morgan fingerprint density at radius 3 is 2.25 bits per heavy atom. The van der Waals surface area contributed by atoms with Crippen LogP contribution in [0.1, 0.15) is 94.3 Å². The van der Waals surface area contributed by atoms with Crippen molar-refractivity contribution in [2.45, 2.75) is 95.9 Å². The number of fused-ring (bicyclic) bond motifs is 4. The standard InChI is InChI=1S/C46H53N7O6/c1-46(2,3)59-45(56)53-20-6-7-37(53)41-47-26-36(49-41)33-12-11-29-23-28(9-10-30(29)25-33)31-13-15-34-32(24-31)14-16-35-40(34)50-42(48-35)38-8-5-19-52(38)43(54)39(51-44(55)57-4)27-17-21-58-22-18-27/h9-13,15,23-27,37-39H,5-8,14,16-22H2,1-4H3,(H,47,49)(H,48,50)(H,51,55)/t37?,38-,39-/m0/s1. The molecule has 1 unspecified atom stereocenters. The number of nitrogens with one attached hydrogen (secondary N) is 3. The van der Waals surface area contributed by atoms with Crippen molar-refractivity contribution >= 4 is 28.9 Å². The summed E-state index contributed by atoms with van der Waals surface area (Å²) >= 11 is 0. The maximum absolute atomic E-state index is 14.1. The average molecular weight is 800 g/mol. The van der Waals surface area contributed by atoms with E-state index in [1.54, 1.807) is 4.90 Å². The number of nitrogens with zero attached hydrogens (tertiary/aromatic N) is 4. The summed E-state index contributed by atoms with van der Waals surface area (Å²) < 4.78 is 16.1. The van der Waals surface area contributed by atoms with Gasteiger partial charge in [-0.1, -0.05) is 42.5 Å². The Morgan fingerprint density at radius 1 is 0.831 bits per heavy atom. The molecular formula is C46H53N7O6. The molecule has 308 valence electrons. The number of amides is 3. The van der Waals surface area contributed by atoms with E-state index in [0.29, 0.717) is 39.1 Å². The van der Waals surface area contributed by atoms with Crippen LogP contribution in [0.15, 0.2) is 60.8 Å². The van der Waals surface area contributed by atoms with Crippen LogP contribution < -0.4 is 5.32 Å². The number of aromatic nitrogens is 4. The molecule has 3 saturated heterocycles. The van der Waals surface area contributed by atoms with E-state index in [9.17, 15) is 14.4 Å². The van der Waals surface area contributed by atoms with Crippen molar-refractivity contribution in [1.29, 1.82) is 0 Å². The number of carbonyl (C=O) groups is 3. The topological polar surface area (TPSA) is 155 Å². The Hall–Kier alpha value is -5.69. The lowest BCUT2D eigenvalue weighted by Gasteiger charge is -2.34. The molecule has 5 aromatic rings. The number of carbonyl (C=O) groups excluding carboxylic acids is 3. The molecule has 1 aliphatic carbocycles. The minimum atomic E-state index is -0.668. The van der Waals surface area contributed by atoms with Gasteiger partial charge < -0.3 is 34.4 Å². The third kappa shape index (κ3) is 7.80. The summed E-state index contributed by atoms with van der Waals surface area (Å²) in [6.45, 7) is 8.08. The van der Waals surface area contributed by atoms with Crippen LogP contribution >= 0.6 is 0 Å². The van der Waals surface area contributed by atoms with Crippen molar-refractivity contribution in [3.63, 3.8) is 0 Å². The number of H-pyrrole nitrogens is 2. The van der Waals surface area contributed by atoms with Crippen LogP contribution in [0.3, 0.4) is 0 Å². The molecule has 3 aromatic carbocycles. The van der Waals surface area contributed by atoms with Gasteiger partial charge in [0.1, 0.15) is 23.3 Å². The summed E-state index contributed by atoms with van der Waals surface area (Å²) in [5, 5.41) is 5.12. The van der Waals surface area contributed by atoms with Gasteiger partial charge in [-0.15, -0.1) is 0 Å². The third-order valence-corrected chi connectivity index (χ3v) is 12.4. The SMILES string of the molecule is COC(=O)N[C@H](C(=O)N1CCC[C@H]1c1nc2c([nH]1)-c1ccc(-c3ccc4cc(-c5cnc(C6CCCN6C(=O)OC(C)(C)C)[nH]5)ccc4c3)cc1CC2)C1CCOCC1. The summed E-state index contributed by atoms with van der Waals surface area (Å²) in [4.78, 5) is 60.0. The third-order valence-electron chi connectivity index (χ3n) is 12.4. The maximum atomic E-state index is 14.1. The summed E-state index contributed by atoms with van der Waals surface area (Å²) in [5.74, 6) is 1.49. The molecule has 0 saturated carbocycles.